The van der Waals surface area contributed by atoms with Crippen molar-refractivity contribution >= 4 is 34.2 Å². The minimum absolute atomic E-state index is 0.330. The van der Waals surface area contributed by atoms with Crippen LogP contribution in [0, 0.1) is 6.92 Å². The standard InChI is InChI=1S/C21H22N6O/c1-3-4-11-28-18-8-6-5-7-15(18)13-22-26-21-24-20-19(25-27-21)16-12-14(2)9-10-17(16)23-20/h5-10,12-13H,3-4,11H2,1-2H3,(H2,23,24,26,27)/b22-13+. The Kier molecular flexibility index (Phi) is 5.14. The van der Waals surface area contributed by atoms with Gasteiger partial charge in [0.1, 0.15) is 11.3 Å². The molecule has 4 aromatic rings. The third kappa shape index (κ3) is 3.78. The minimum atomic E-state index is 0.330. The summed E-state index contributed by atoms with van der Waals surface area (Å²) in [5.74, 6) is 1.14. The summed E-state index contributed by atoms with van der Waals surface area (Å²) in [6.07, 6.45) is 3.81. The Morgan fingerprint density at radius 3 is 2.96 bits per heavy atom. The quantitative estimate of drug-likeness (QED) is 0.284. The normalized spacial score (nSPS) is 11.5. The second-order valence-electron chi connectivity index (χ2n) is 6.62. The van der Waals surface area contributed by atoms with Gasteiger partial charge in [-0.1, -0.05) is 37.1 Å². The molecule has 0 aliphatic rings. The van der Waals surface area contributed by atoms with E-state index in [9.17, 15) is 0 Å². The van der Waals surface area contributed by atoms with Crippen molar-refractivity contribution in [3.63, 3.8) is 0 Å². The molecule has 2 heterocycles. The molecule has 0 saturated heterocycles. The first-order chi connectivity index (χ1) is 13.7. The number of hydrazone groups is 1. The van der Waals surface area contributed by atoms with E-state index in [-0.39, 0.29) is 0 Å². The lowest BCUT2D eigenvalue weighted by Gasteiger charge is -2.07. The highest BCUT2D eigenvalue weighted by molar-refractivity contribution is 6.03. The van der Waals surface area contributed by atoms with Gasteiger partial charge in [0.15, 0.2) is 5.65 Å². The summed E-state index contributed by atoms with van der Waals surface area (Å²) in [6.45, 7) is 4.88. The number of hydrogen-bond acceptors (Lipinski definition) is 6. The maximum atomic E-state index is 5.81. The Labute approximate surface area is 162 Å². The van der Waals surface area contributed by atoms with E-state index < -0.39 is 0 Å². The van der Waals surface area contributed by atoms with Crippen LogP contribution >= 0.6 is 0 Å². The number of fused-ring (bicyclic) bond motifs is 3. The number of aromatic amines is 1. The molecule has 0 spiro atoms. The highest BCUT2D eigenvalue weighted by Crippen LogP contribution is 2.23. The Balaban J connectivity index is 1.52. The third-order valence-corrected chi connectivity index (χ3v) is 4.41. The van der Waals surface area contributed by atoms with E-state index in [4.69, 9.17) is 4.74 Å². The number of benzene rings is 2. The first-order valence-corrected chi connectivity index (χ1v) is 9.38. The molecule has 0 bridgehead atoms. The molecule has 142 valence electrons. The van der Waals surface area contributed by atoms with Crippen LogP contribution in [0.25, 0.3) is 22.1 Å². The van der Waals surface area contributed by atoms with E-state index in [1.54, 1.807) is 6.21 Å². The summed E-state index contributed by atoms with van der Waals surface area (Å²) in [5.41, 5.74) is 7.32. The van der Waals surface area contributed by atoms with Gasteiger partial charge in [0, 0.05) is 16.5 Å². The van der Waals surface area contributed by atoms with E-state index >= 15 is 0 Å². The van der Waals surface area contributed by atoms with Crippen molar-refractivity contribution in [2.45, 2.75) is 26.7 Å². The molecule has 4 rings (SSSR count). The Morgan fingerprint density at radius 2 is 2.07 bits per heavy atom. The molecule has 28 heavy (non-hydrogen) atoms. The van der Waals surface area contributed by atoms with Crippen molar-refractivity contribution in [2.24, 2.45) is 5.10 Å². The second-order valence-corrected chi connectivity index (χ2v) is 6.62. The highest BCUT2D eigenvalue weighted by atomic mass is 16.5. The fraction of sp³-hybridized carbons (Fsp3) is 0.238. The first kappa shape index (κ1) is 17.9. The Morgan fingerprint density at radius 1 is 1.18 bits per heavy atom. The molecule has 0 saturated carbocycles. The van der Waals surface area contributed by atoms with Crippen molar-refractivity contribution in [1.29, 1.82) is 0 Å². The van der Waals surface area contributed by atoms with Crippen molar-refractivity contribution in [2.75, 3.05) is 12.0 Å². The topological polar surface area (TPSA) is 88.1 Å². The lowest BCUT2D eigenvalue weighted by Crippen LogP contribution is -2.01. The number of anilines is 1. The van der Waals surface area contributed by atoms with Gasteiger partial charge in [-0.2, -0.15) is 10.1 Å². The lowest BCUT2D eigenvalue weighted by molar-refractivity contribution is 0.309. The molecule has 7 nitrogen and oxygen atoms in total. The number of nitrogens with one attached hydrogen (secondary N) is 2. The molecule has 0 aliphatic carbocycles. The van der Waals surface area contributed by atoms with E-state index in [0.29, 0.717) is 18.2 Å². The van der Waals surface area contributed by atoms with E-state index in [1.807, 2.05) is 37.3 Å². The fourth-order valence-corrected chi connectivity index (χ4v) is 2.94. The number of hydrogen-bond donors (Lipinski definition) is 2. The number of para-hydroxylation sites is 1. The number of unbranched alkanes of at least 4 members (excludes halogenated alkanes) is 1. The van der Waals surface area contributed by atoms with Gasteiger partial charge in [0.05, 0.1) is 12.8 Å². The van der Waals surface area contributed by atoms with Crippen molar-refractivity contribution in [1.82, 2.24) is 20.2 Å². The summed E-state index contributed by atoms with van der Waals surface area (Å²) < 4.78 is 5.81. The van der Waals surface area contributed by atoms with Gasteiger partial charge in [-0.05, 0) is 37.6 Å². The monoisotopic (exact) mass is 374 g/mol. The van der Waals surface area contributed by atoms with Crippen LogP contribution in [0.3, 0.4) is 0 Å². The van der Waals surface area contributed by atoms with Gasteiger partial charge in [-0.3, -0.25) is 0 Å². The van der Waals surface area contributed by atoms with Gasteiger partial charge < -0.3 is 9.72 Å². The third-order valence-electron chi connectivity index (χ3n) is 4.41. The number of nitrogens with zero attached hydrogens (tertiary/aromatic N) is 4. The molecule has 7 heteroatoms. The van der Waals surface area contributed by atoms with Crippen LogP contribution in [0.4, 0.5) is 5.95 Å². The van der Waals surface area contributed by atoms with E-state index in [0.717, 1.165) is 40.6 Å². The molecule has 2 aromatic heterocycles. The Hall–Kier alpha value is -3.48. The molecule has 0 fully saturated rings. The number of aryl methyl sites for hydroxylation is 1. The maximum Gasteiger partial charge on any atom is 0.265 e. The zero-order valence-corrected chi connectivity index (χ0v) is 15.9. The van der Waals surface area contributed by atoms with E-state index in [1.165, 1.54) is 5.56 Å². The van der Waals surface area contributed by atoms with Crippen LogP contribution in [0.5, 0.6) is 5.75 Å². The van der Waals surface area contributed by atoms with Crippen LogP contribution in [0.2, 0.25) is 0 Å². The van der Waals surface area contributed by atoms with Gasteiger partial charge in [0.2, 0.25) is 0 Å². The molecule has 0 aliphatic heterocycles. The second kappa shape index (κ2) is 8.04. The lowest BCUT2D eigenvalue weighted by atomic mass is 10.2. The molecular weight excluding hydrogens is 352 g/mol. The number of rotatable bonds is 7. The zero-order valence-electron chi connectivity index (χ0n) is 15.9. The number of ether oxygens (including phenoxy) is 1. The smallest absolute Gasteiger partial charge is 0.265 e. The maximum absolute atomic E-state index is 5.81. The molecule has 0 radical (unpaired) electrons. The van der Waals surface area contributed by atoms with Crippen molar-refractivity contribution in [3.8, 4) is 5.75 Å². The van der Waals surface area contributed by atoms with Crippen molar-refractivity contribution < 1.29 is 4.74 Å². The zero-order chi connectivity index (χ0) is 19.3. The molecule has 2 aromatic carbocycles. The van der Waals surface area contributed by atoms with Gasteiger partial charge >= 0.3 is 0 Å². The predicted octanol–water partition coefficient (Wildman–Crippen LogP) is 4.44. The summed E-state index contributed by atoms with van der Waals surface area (Å²) in [4.78, 5) is 7.74. The van der Waals surface area contributed by atoms with Crippen LogP contribution in [0.15, 0.2) is 47.6 Å². The minimum Gasteiger partial charge on any atom is -0.493 e. The fourth-order valence-electron chi connectivity index (χ4n) is 2.94. The molecule has 0 unspecified atom stereocenters. The molecule has 0 atom stereocenters. The van der Waals surface area contributed by atoms with Crippen molar-refractivity contribution in [3.05, 3.63) is 53.6 Å². The van der Waals surface area contributed by atoms with Crippen LogP contribution in [-0.4, -0.2) is 33.0 Å². The van der Waals surface area contributed by atoms with Gasteiger partial charge in [0.25, 0.3) is 5.95 Å². The van der Waals surface area contributed by atoms with Gasteiger partial charge in [-0.25, -0.2) is 5.43 Å². The van der Waals surface area contributed by atoms with Gasteiger partial charge in [-0.15, -0.1) is 10.2 Å². The molecular formula is C21H22N6O. The average Bonchev–Trinajstić information content (AvgIpc) is 3.06. The number of aromatic nitrogens is 4. The average molecular weight is 374 g/mol. The molecule has 2 N–H and O–H groups in total. The first-order valence-electron chi connectivity index (χ1n) is 9.38. The SMILES string of the molecule is CCCCOc1ccccc1/C=N/Nc1nnc2c(n1)[nH]c1ccc(C)cc12. The largest absolute Gasteiger partial charge is 0.493 e. The summed E-state index contributed by atoms with van der Waals surface area (Å²) in [5, 5.41) is 13.7. The van der Waals surface area contributed by atoms with E-state index in [2.05, 4.69) is 49.7 Å². The summed E-state index contributed by atoms with van der Waals surface area (Å²) in [7, 11) is 0. The summed E-state index contributed by atoms with van der Waals surface area (Å²) in [6, 6.07) is 13.9. The Bertz CT molecular complexity index is 1130. The summed E-state index contributed by atoms with van der Waals surface area (Å²) >= 11 is 0. The van der Waals surface area contributed by atoms with Crippen LogP contribution in [-0.2, 0) is 0 Å². The highest BCUT2D eigenvalue weighted by Gasteiger charge is 2.09. The number of H-pyrrole nitrogens is 1. The van der Waals surface area contributed by atoms with Crippen LogP contribution < -0.4 is 10.2 Å². The molecule has 0 amide bonds. The predicted molar refractivity (Wildman–Crippen MR) is 112 cm³/mol. The van der Waals surface area contributed by atoms with Crippen LogP contribution in [0.1, 0.15) is 30.9 Å².